The number of aryl methyl sites for hydroxylation is 2. The number of carbonyl (C=O) groups excluding carboxylic acids is 1. The monoisotopic (exact) mass is 611 g/mol. The maximum atomic E-state index is 13.5. The first-order valence-electron chi connectivity index (χ1n) is 14.3. The highest BCUT2D eigenvalue weighted by Gasteiger charge is 2.22. The predicted molar refractivity (Wildman–Crippen MR) is 162 cm³/mol. The molecule has 1 fully saturated rings. The van der Waals surface area contributed by atoms with Crippen LogP contribution in [-0.2, 0) is 25.1 Å². The van der Waals surface area contributed by atoms with Gasteiger partial charge in [0.15, 0.2) is 10.7 Å². The van der Waals surface area contributed by atoms with Crippen LogP contribution in [0.3, 0.4) is 0 Å². The normalized spacial score (nSPS) is 14.9. The zero-order valence-corrected chi connectivity index (χ0v) is 25.2. The van der Waals surface area contributed by atoms with Crippen molar-refractivity contribution in [3.05, 3.63) is 57.9 Å². The van der Waals surface area contributed by atoms with Gasteiger partial charge >= 0.3 is 0 Å². The number of piperazine rings is 1. The van der Waals surface area contributed by atoms with Gasteiger partial charge in [-0.3, -0.25) is 14.5 Å². The number of amides is 1. The van der Waals surface area contributed by atoms with Gasteiger partial charge in [0.2, 0.25) is 5.91 Å². The number of aliphatic hydroxyl groups excluding tert-OH is 1. The Labute approximate surface area is 251 Å². The summed E-state index contributed by atoms with van der Waals surface area (Å²) in [6.07, 6.45) is 0. The largest absolute Gasteiger partial charge is 0.394 e. The summed E-state index contributed by atoms with van der Waals surface area (Å²) in [7, 11) is -1.62. The Morgan fingerprint density at radius 3 is 2.56 bits per heavy atom. The minimum atomic E-state index is -1.62. The van der Waals surface area contributed by atoms with Gasteiger partial charge in [0.05, 0.1) is 50.5 Å². The molecule has 1 atom stereocenters. The summed E-state index contributed by atoms with van der Waals surface area (Å²) >= 11 is 0. The molecule has 3 N–H and O–H groups in total. The van der Waals surface area contributed by atoms with Gasteiger partial charge in [-0.25, -0.2) is 13.9 Å². The van der Waals surface area contributed by atoms with Crippen molar-refractivity contribution in [3.63, 3.8) is 0 Å². The number of nitrogens with zero attached hydrogens (tertiary/aromatic N) is 5. The molecule has 4 aromatic rings. The summed E-state index contributed by atoms with van der Waals surface area (Å²) in [5.74, 6) is -0.0539. The first-order chi connectivity index (χ1) is 20.9. The molecule has 14 heteroatoms. The number of H-pyrrole nitrogens is 1. The highest BCUT2D eigenvalue weighted by molar-refractivity contribution is 7.85. The molecule has 0 spiro atoms. The number of hydrogen-bond acceptors (Lipinski definition) is 10. The van der Waals surface area contributed by atoms with E-state index < -0.39 is 16.4 Å². The summed E-state index contributed by atoms with van der Waals surface area (Å²) in [5, 5.41) is 19.4. The molecule has 1 saturated heterocycles. The average molecular weight is 612 g/mol. The highest BCUT2D eigenvalue weighted by Crippen LogP contribution is 2.25. The molecule has 13 nitrogen and oxygen atoms in total. The summed E-state index contributed by atoms with van der Waals surface area (Å²) in [6.45, 7) is 8.95. The number of nitrogens with one attached hydrogen (secondary N) is 2. The topological polar surface area (TPSA) is 154 Å². The second-order valence-corrected chi connectivity index (χ2v) is 11.8. The number of ether oxygens (including phenoxy) is 2. The Kier molecular flexibility index (Phi) is 10.1. The molecule has 5 rings (SSSR count). The van der Waals surface area contributed by atoms with E-state index in [0.717, 1.165) is 16.8 Å². The second-order valence-electron chi connectivity index (χ2n) is 10.4. The third kappa shape index (κ3) is 7.28. The number of aromatic amines is 1. The van der Waals surface area contributed by atoms with E-state index >= 15 is 0 Å². The first-order valence-corrected chi connectivity index (χ1v) is 15.4. The van der Waals surface area contributed by atoms with Crippen LogP contribution in [0.2, 0.25) is 0 Å². The Morgan fingerprint density at radius 2 is 1.81 bits per heavy atom. The summed E-state index contributed by atoms with van der Waals surface area (Å²) in [6, 6.07) is 11.3. The SMILES string of the molecule is Cc1ccc(S(=O)c2n[nH]n3c2nc(=O)c2ccc(N4CCN(CC(=O)NCCOCCOCCO)CC4)cc23)c(C)c1. The lowest BCUT2D eigenvalue weighted by molar-refractivity contribution is -0.122. The van der Waals surface area contributed by atoms with E-state index in [-0.39, 0.29) is 23.2 Å². The minimum absolute atomic E-state index is 0.0136. The lowest BCUT2D eigenvalue weighted by Crippen LogP contribution is -2.49. The molecule has 1 aliphatic rings. The molecule has 0 aliphatic carbocycles. The molecule has 0 bridgehead atoms. The van der Waals surface area contributed by atoms with Crippen molar-refractivity contribution in [2.75, 3.05) is 77.2 Å². The molecule has 2 aromatic heterocycles. The van der Waals surface area contributed by atoms with E-state index in [1.807, 2.05) is 44.2 Å². The van der Waals surface area contributed by atoms with Crippen molar-refractivity contribution in [3.8, 4) is 0 Å². The van der Waals surface area contributed by atoms with E-state index in [2.05, 4.69) is 30.4 Å². The second kappa shape index (κ2) is 14.2. The van der Waals surface area contributed by atoms with Crippen molar-refractivity contribution in [2.24, 2.45) is 0 Å². The molecule has 0 saturated carbocycles. The van der Waals surface area contributed by atoms with Crippen molar-refractivity contribution in [1.29, 1.82) is 0 Å². The lowest BCUT2D eigenvalue weighted by atomic mass is 10.2. The molecular weight excluding hydrogens is 574 g/mol. The van der Waals surface area contributed by atoms with Gasteiger partial charge in [0.25, 0.3) is 5.56 Å². The standard InChI is InChI=1S/C29H37N7O6S/c1-20-3-6-25(21(2)17-20)43(40)29-27-31-28(39)23-5-4-22(18-24(23)36(27)33-32-29)35-10-8-34(9-11-35)19-26(38)30-7-13-41-15-16-42-14-12-37/h3-6,17-18,33,37H,7-16,19H2,1-2H3,(H,30,38). The van der Waals surface area contributed by atoms with Gasteiger partial charge in [0, 0.05) is 43.3 Å². The number of anilines is 1. The number of hydrogen-bond donors (Lipinski definition) is 3. The van der Waals surface area contributed by atoms with Gasteiger partial charge in [-0.05, 0) is 43.7 Å². The van der Waals surface area contributed by atoms with Crippen LogP contribution in [0, 0.1) is 13.8 Å². The number of carbonyl (C=O) groups is 1. The van der Waals surface area contributed by atoms with Gasteiger partial charge in [0.1, 0.15) is 10.8 Å². The van der Waals surface area contributed by atoms with Gasteiger partial charge in [-0.15, -0.1) is 5.10 Å². The molecule has 230 valence electrons. The quantitative estimate of drug-likeness (QED) is 0.183. The third-order valence-corrected chi connectivity index (χ3v) is 8.78. The van der Waals surface area contributed by atoms with E-state index in [4.69, 9.17) is 14.6 Å². The number of fused-ring (bicyclic) bond motifs is 3. The van der Waals surface area contributed by atoms with E-state index in [1.54, 1.807) is 10.6 Å². The molecule has 3 heterocycles. The fourth-order valence-corrected chi connectivity index (χ4v) is 6.28. The van der Waals surface area contributed by atoms with Crippen LogP contribution in [-0.4, -0.2) is 112 Å². The van der Waals surface area contributed by atoms with Crippen LogP contribution in [0.4, 0.5) is 5.69 Å². The number of benzene rings is 2. The third-order valence-electron chi connectivity index (χ3n) is 7.30. The van der Waals surface area contributed by atoms with Crippen molar-refractivity contribution >= 4 is 38.9 Å². The van der Waals surface area contributed by atoms with Gasteiger partial charge in [-0.1, -0.05) is 17.7 Å². The lowest BCUT2D eigenvalue weighted by Gasteiger charge is -2.35. The average Bonchev–Trinajstić information content (AvgIpc) is 3.42. The summed E-state index contributed by atoms with van der Waals surface area (Å²) in [4.78, 5) is 34.5. The first kappa shape index (κ1) is 30.8. The fourth-order valence-electron chi connectivity index (χ4n) is 5.10. The van der Waals surface area contributed by atoms with Crippen LogP contribution >= 0.6 is 0 Å². The summed E-state index contributed by atoms with van der Waals surface area (Å²) in [5.41, 5.74) is 3.33. The Morgan fingerprint density at radius 1 is 1.05 bits per heavy atom. The van der Waals surface area contributed by atoms with Gasteiger partial charge in [-0.2, -0.15) is 4.98 Å². The van der Waals surface area contributed by atoms with Crippen LogP contribution in [0.25, 0.3) is 16.6 Å². The Balaban J connectivity index is 1.21. The van der Waals surface area contributed by atoms with Crippen LogP contribution < -0.4 is 15.8 Å². The molecular formula is C29H37N7O6S. The van der Waals surface area contributed by atoms with E-state index in [0.29, 0.717) is 81.5 Å². The molecule has 0 radical (unpaired) electrons. The number of aromatic nitrogens is 4. The van der Waals surface area contributed by atoms with Crippen molar-refractivity contribution < 1.29 is 23.6 Å². The smallest absolute Gasteiger partial charge is 0.281 e. The van der Waals surface area contributed by atoms with Crippen molar-refractivity contribution in [2.45, 2.75) is 23.8 Å². The molecule has 2 aromatic carbocycles. The summed E-state index contributed by atoms with van der Waals surface area (Å²) < 4.78 is 25.6. The van der Waals surface area contributed by atoms with E-state index in [1.165, 1.54) is 0 Å². The number of aliphatic hydroxyl groups is 1. The molecule has 1 amide bonds. The van der Waals surface area contributed by atoms with Crippen LogP contribution in [0.5, 0.6) is 0 Å². The Bertz CT molecular complexity index is 1660. The zero-order chi connectivity index (χ0) is 30.3. The molecule has 1 aliphatic heterocycles. The van der Waals surface area contributed by atoms with Gasteiger partial charge < -0.3 is 24.8 Å². The minimum Gasteiger partial charge on any atom is -0.394 e. The fraction of sp³-hybridized carbons (Fsp3) is 0.448. The maximum Gasteiger partial charge on any atom is 0.281 e. The van der Waals surface area contributed by atoms with E-state index in [9.17, 15) is 13.8 Å². The van der Waals surface area contributed by atoms with Crippen molar-refractivity contribution in [1.82, 2.24) is 30.0 Å². The zero-order valence-electron chi connectivity index (χ0n) is 24.4. The molecule has 43 heavy (non-hydrogen) atoms. The highest BCUT2D eigenvalue weighted by atomic mass is 32.2. The number of rotatable bonds is 13. The molecule has 1 unspecified atom stereocenters. The predicted octanol–water partition coefficient (Wildman–Crippen LogP) is 0.618. The Hall–Kier alpha value is -3.69. The maximum absolute atomic E-state index is 13.5. The van der Waals surface area contributed by atoms with Crippen LogP contribution in [0.1, 0.15) is 11.1 Å². The van der Waals surface area contributed by atoms with Crippen LogP contribution in [0.15, 0.2) is 51.1 Å².